The fourth-order valence-corrected chi connectivity index (χ4v) is 2.96. The summed E-state index contributed by atoms with van der Waals surface area (Å²) in [5.41, 5.74) is 4.57. The minimum atomic E-state index is -0.678. The van der Waals surface area contributed by atoms with E-state index in [0.29, 0.717) is 12.5 Å². The van der Waals surface area contributed by atoms with E-state index in [2.05, 4.69) is 15.5 Å². The second-order valence-electron chi connectivity index (χ2n) is 5.31. The van der Waals surface area contributed by atoms with Gasteiger partial charge in [-0.1, -0.05) is 11.8 Å². The van der Waals surface area contributed by atoms with E-state index >= 15 is 0 Å². The van der Waals surface area contributed by atoms with Crippen molar-refractivity contribution in [1.29, 1.82) is 0 Å². The molecule has 112 valence electrons. The highest BCUT2D eigenvalue weighted by Gasteiger charge is 2.30. The molecule has 2 rings (SSSR count). The number of thioether (sulfide) groups is 1. The van der Waals surface area contributed by atoms with E-state index < -0.39 is 5.54 Å². The van der Waals surface area contributed by atoms with Crippen LogP contribution in [-0.4, -0.2) is 39.0 Å². The number of rotatable bonds is 8. The normalized spacial score (nSPS) is 17.9. The molecule has 1 unspecified atom stereocenters. The van der Waals surface area contributed by atoms with Gasteiger partial charge in [0.2, 0.25) is 5.91 Å². The number of carbonyl (C=O) groups is 1. The largest absolute Gasteiger partial charge is 0.368 e. The van der Waals surface area contributed by atoms with Gasteiger partial charge < -0.3 is 11.1 Å². The molecule has 8 heteroatoms. The molecule has 1 aromatic rings. The smallest absolute Gasteiger partial charge is 0.344 e. The van der Waals surface area contributed by atoms with Gasteiger partial charge in [-0.15, -0.1) is 5.10 Å². The maximum atomic E-state index is 11.6. The van der Waals surface area contributed by atoms with Crippen LogP contribution in [0.25, 0.3) is 0 Å². The lowest BCUT2D eigenvalue weighted by molar-refractivity contribution is -0.123. The molecule has 1 saturated carbocycles. The molecule has 1 aliphatic carbocycles. The highest BCUT2D eigenvalue weighted by atomic mass is 32.2. The number of nitrogens with one attached hydrogen (secondary N) is 2. The topological polar surface area (TPSA) is 106 Å². The van der Waals surface area contributed by atoms with Gasteiger partial charge in [-0.05, 0) is 39.7 Å². The molecular weight excluding hydrogens is 278 g/mol. The summed E-state index contributed by atoms with van der Waals surface area (Å²) in [4.78, 5) is 23.0. The third-order valence-corrected chi connectivity index (χ3v) is 4.77. The summed E-state index contributed by atoms with van der Waals surface area (Å²) in [7, 11) is 1.73. The fraction of sp³-hybridized carbons (Fsp3) is 0.750. The molecule has 1 aliphatic rings. The van der Waals surface area contributed by atoms with Crippen molar-refractivity contribution in [3.63, 3.8) is 0 Å². The predicted octanol–water partition coefficient (Wildman–Crippen LogP) is 0.242. The van der Waals surface area contributed by atoms with Crippen LogP contribution in [0.4, 0.5) is 0 Å². The summed E-state index contributed by atoms with van der Waals surface area (Å²) in [6.07, 6.45) is 3.57. The Labute approximate surface area is 121 Å². The van der Waals surface area contributed by atoms with Gasteiger partial charge in [-0.2, -0.15) is 0 Å². The average molecular weight is 299 g/mol. The molecule has 1 fully saturated rings. The number of carbonyl (C=O) groups excluding carboxylic acids is 1. The second-order valence-corrected chi connectivity index (χ2v) is 6.37. The summed E-state index contributed by atoms with van der Waals surface area (Å²) in [5.74, 6) is 0.446. The molecule has 0 spiro atoms. The van der Waals surface area contributed by atoms with Gasteiger partial charge in [0.1, 0.15) is 0 Å². The number of likely N-dealkylation sites (N-methyl/N-ethyl adjacent to an activating group) is 1. The molecule has 20 heavy (non-hydrogen) atoms. The van der Waals surface area contributed by atoms with Crippen LogP contribution in [0, 0.1) is 0 Å². The summed E-state index contributed by atoms with van der Waals surface area (Å²) >= 11 is 1.54. The Bertz CT molecular complexity index is 536. The minimum absolute atomic E-state index is 0.132. The Morgan fingerprint density at radius 1 is 1.65 bits per heavy atom. The Hall–Kier alpha value is -1.28. The van der Waals surface area contributed by atoms with E-state index in [0.717, 1.165) is 30.2 Å². The lowest BCUT2D eigenvalue weighted by Crippen LogP contribution is -2.51. The number of hydrogen-bond donors (Lipinski definition) is 3. The number of hydrogen-bond acceptors (Lipinski definition) is 5. The summed E-state index contributed by atoms with van der Waals surface area (Å²) in [6.45, 7) is 1.80. The highest BCUT2D eigenvalue weighted by Crippen LogP contribution is 2.36. The number of nitrogens with two attached hydrogens (primary N) is 1. The second kappa shape index (κ2) is 6.01. The summed E-state index contributed by atoms with van der Waals surface area (Å²) in [5, 5.41) is 10.2. The van der Waals surface area contributed by atoms with Gasteiger partial charge in [-0.3, -0.25) is 9.36 Å². The number of primary amides is 1. The van der Waals surface area contributed by atoms with Crippen LogP contribution in [0.5, 0.6) is 0 Å². The van der Waals surface area contributed by atoms with Gasteiger partial charge in [0.15, 0.2) is 5.16 Å². The zero-order valence-electron chi connectivity index (χ0n) is 11.8. The molecule has 1 atom stereocenters. The molecule has 1 heterocycles. The van der Waals surface area contributed by atoms with E-state index in [9.17, 15) is 9.59 Å². The Balaban J connectivity index is 1.85. The lowest BCUT2D eigenvalue weighted by Gasteiger charge is -2.25. The number of amides is 1. The average Bonchev–Trinajstić information content (AvgIpc) is 3.18. The van der Waals surface area contributed by atoms with Crippen molar-refractivity contribution in [1.82, 2.24) is 20.1 Å². The number of aromatic amines is 1. The fourth-order valence-electron chi connectivity index (χ4n) is 2.01. The van der Waals surface area contributed by atoms with Crippen molar-refractivity contribution in [2.24, 2.45) is 5.73 Å². The monoisotopic (exact) mass is 299 g/mol. The molecule has 0 saturated heterocycles. The highest BCUT2D eigenvalue weighted by molar-refractivity contribution is 7.99. The van der Waals surface area contributed by atoms with Gasteiger partial charge in [-0.25, -0.2) is 9.89 Å². The van der Waals surface area contributed by atoms with Crippen molar-refractivity contribution in [2.75, 3.05) is 12.8 Å². The molecule has 0 aliphatic heterocycles. The van der Waals surface area contributed by atoms with Gasteiger partial charge in [0.25, 0.3) is 0 Å². The van der Waals surface area contributed by atoms with Crippen LogP contribution in [0.15, 0.2) is 9.95 Å². The van der Waals surface area contributed by atoms with Gasteiger partial charge >= 0.3 is 5.69 Å². The van der Waals surface area contributed by atoms with Crippen molar-refractivity contribution >= 4 is 17.7 Å². The standard InChI is InChI=1S/C12H21N5O2S/c1-12(14-2,9(13)18)6-3-7-20-11-16-15-10(19)17(11)8-4-5-8/h8,14H,3-7H2,1-2H3,(H2,13,18)(H,15,19). The third kappa shape index (κ3) is 3.24. The molecule has 0 aromatic carbocycles. The van der Waals surface area contributed by atoms with Crippen molar-refractivity contribution < 1.29 is 4.79 Å². The molecule has 1 amide bonds. The van der Waals surface area contributed by atoms with Gasteiger partial charge in [0.05, 0.1) is 5.54 Å². The number of nitrogens with zero attached hydrogens (tertiary/aromatic N) is 2. The summed E-state index contributed by atoms with van der Waals surface area (Å²) in [6, 6.07) is 0.317. The zero-order valence-corrected chi connectivity index (χ0v) is 12.6. The molecule has 1 aromatic heterocycles. The predicted molar refractivity (Wildman–Crippen MR) is 77.7 cm³/mol. The first-order valence-electron chi connectivity index (χ1n) is 6.76. The number of aromatic nitrogens is 3. The van der Waals surface area contributed by atoms with Gasteiger partial charge in [0, 0.05) is 11.8 Å². The first-order valence-corrected chi connectivity index (χ1v) is 7.75. The number of H-pyrrole nitrogens is 1. The van der Waals surface area contributed by atoms with E-state index in [1.54, 1.807) is 18.5 Å². The molecule has 4 N–H and O–H groups in total. The lowest BCUT2D eigenvalue weighted by atomic mass is 9.96. The van der Waals surface area contributed by atoms with Crippen molar-refractivity contribution in [3.8, 4) is 0 Å². The third-order valence-electron chi connectivity index (χ3n) is 3.73. The van der Waals surface area contributed by atoms with E-state index in [1.165, 1.54) is 11.8 Å². The first-order chi connectivity index (χ1) is 9.48. The van der Waals surface area contributed by atoms with Crippen LogP contribution in [0.2, 0.25) is 0 Å². The zero-order chi connectivity index (χ0) is 14.8. The van der Waals surface area contributed by atoms with Crippen LogP contribution in [0.3, 0.4) is 0 Å². The SMILES string of the molecule is CNC(C)(CCCSc1n[nH]c(=O)n1C1CC1)C(N)=O. The maximum Gasteiger partial charge on any atom is 0.344 e. The quantitative estimate of drug-likeness (QED) is 0.471. The van der Waals surface area contributed by atoms with Crippen molar-refractivity contribution in [3.05, 3.63) is 10.5 Å². The van der Waals surface area contributed by atoms with Crippen molar-refractivity contribution in [2.45, 2.75) is 49.3 Å². The molecule has 0 bridgehead atoms. The first kappa shape index (κ1) is 15.1. The van der Waals surface area contributed by atoms with Crippen LogP contribution in [-0.2, 0) is 4.79 Å². The van der Waals surface area contributed by atoms with Crippen LogP contribution in [0.1, 0.15) is 38.6 Å². The molecule has 7 nitrogen and oxygen atoms in total. The minimum Gasteiger partial charge on any atom is -0.368 e. The molecular formula is C12H21N5O2S. The Kier molecular flexibility index (Phi) is 4.54. The molecule has 0 radical (unpaired) electrons. The van der Waals surface area contributed by atoms with Crippen LogP contribution < -0.4 is 16.7 Å². The maximum absolute atomic E-state index is 11.6. The summed E-state index contributed by atoms with van der Waals surface area (Å²) < 4.78 is 1.73. The Morgan fingerprint density at radius 2 is 2.35 bits per heavy atom. The van der Waals surface area contributed by atoms with E-state index in [-0.39, 0.29) is 11.6 Å². The van der Waals surface area contributed by atoms with Crippen LogP contribution >= 0.6 is 11.8 Å². The van der Waals surface area contributed by atoms with E-state index in [1.807, 2.05) is 0 Å². The van der Waals surface area contributed by atoms with E-state index in [4.69, 9.17) is 5.73 Å². The Morgan fingerprint density at radius 3 is 2.90 bits per heavy atom.